The fourth-order valence-electron chi connectivity index (χ4n) is 7.71. The molecule has 244 valence electrons. The molecule has 10 nitrogen and oxygen atoms in total. The Morgan fingerprint density at radius 2 is 1.89 bits per heavy atom. The largest absolute Gasteiger partial charge is 0.488 e. The average molecular weight is 647 g/mol. The number of rotatable bonds is 5. The Labute approximate surface area is 275 Å². The third-order valence-electron chi connectivity index (χ3n) is 10.0. The van der Waals surface area contributed by atoms with Gasteiger partial charge >= 0.3 is 6.09 Å². The van der Waals surface area contributed by atoms with Crippen molar-refractivity contribution in [2.24, 2.45) is 5.92 Å². The van der Waals surface area contributed by atoms with Gasteiger partial charge in [-0.15, -0.1) is 0 Å². The van der Waals surface area contributed by atoms with Crippen LogP contribution in [0.4, 0.5) is 4.79 Å². The van der Waals surface area contributed by atoms with Gasteiger partial charge in [-0.1, -0.05) is 30.2 Å². The average Bonchev–Trinajstić information content (AvgIpc) is 3.41. The molecule has 0 N–H and O–H groups in total. The summed E-state index contributed by atoms with van der Waals surface area (Å²) in [5.74, 6) is 1.02. The molecule has 0 unspecified atom stereocenters. The summed E-state index contributed by atoms with van der Waals surface area (Å²) in [6.07, 6.45) is 12.3. The van der Waals surface area contributed by atoms with Crippen LogP contribution < -0.4 is 4.74 Å². The first-order chi connectivity index (χ1) is 22.4. The zero-order valence-corrected chi connectivity index (χ0v) is 27.3. The van der Waals surface area contributed by atoms with E-state index in [0.29, 0.717) is 56.0 Å². The summed E-state index contributed by atoms with van der Waals surface area (Å²) in [6.45, 7) is 5.84. The van der Waals surface area contributed by atoms with Gasteiger partial charge in [0.15, 0.2) is 0 Å². The quantitative estimate of drug-likeness (QED) is 0.356. The molecule has 0 radical (unpaired) electrons. The highest BCUT2D eigenvalue weighted by molar-refractivity contribution is 6.30. The number of likely N-dealkylation sites (tertiary alicyclic amines) is 1. The van der Waals surface area contributed by atoms with Crippen LogP contribution in [0.25, 0.3) is 0 Å². The van der Waals surface area contributed by atoms with Gasteiger partial charge in [0.2, 0.25) is 5.91 Å². The Hall–Kier alpha value is -3.63. The monoisotopic (exact) mass is 646 g/mol. The van der Waals surface area contributed by atoms with Crippen LogP contribution in [0.1, 0.15) is 73.5 Å². The normalized spacial score (nSPS) is 24.0. The number of benzene rings is 1. The minimum Gasteiger partial charge on any atom is -0.488 e. The van der Waals surface area contributed by atoms with E-state index < -0.39 is 6.04 Å². The topological polar surface area (TPSA) is 93.0 Å². The minimum atomic E-state index is -0.675. The number of piperidine rings is 1. The summed E-state index contributed by atoms with van der Waals surface area (Å²) < 4.78 is 14.4. The maximum atomic E-state index is 14.6. The van der Waals surface area contributed by atoms with Gasteiger partial charge in [-0.25, -0.2) is 9.78 Å². The maximum Gasteiger partial charge on any atom is 0.410 e. The van der Waals surface area contributed by atoms with E-state index in [9.17, 15) is 9.59 Å². The third-order valence-corrected chi connectivity index (χ3v) is 10.3. The fraction of sp³-hybridized carbons (Fsp3) is 0.543. The summed E-state index contributed by atoms with van der Waals surface area (Å²) in [5, 5.41) is 0.602. The van der Waals surface area contributed by atoms with Crippen LogP contribution in [-0.4, -0.2) is 86.1 Å². The number of hydrogen-bond acceptors (Lipinski definition) is 7. The van der Waals surface area contributed by atoms with E-state index in [0.717, 1.165) is 67.6 Å². The molecule has 11 heteroatoms. The predicted molar refractivity (Wildman–Crippen MR) is 174 cm³/mol. The summed E-state index contributed by atoms with van der Waals surface area (Å²) >= 11 is 6.40. The summed E-state index contributed by atoms with van der Waals surface area (Å²) in [5.41, 5.74) is 3.85. The first kappa shape index (κ1) is 31.0. The van der Waals surface area contributed by atoms with Crippen molar-refractivity contribution in [1.82, 2.24) is 29.2 Å². The third kappa shape index (κ3) is 6.60. The molecule has 2 aromatic heterocycles. The lowest BCUT2D eigenvalue weighted by Gasteiger charge is -2.45. The number of halogens is 1. The second kappa shape index (κ2) is 13.6. The van der Waals surface area contributed by atoms with E-state index in [2.05, 4.69) is 20.6 Å². The molecule has 3 atom stereocenters. The van der Waals surface area contributed by atoms with Crippen LogP contribution in [0, 0.1) is 12.8 Å². The maximum absolute atomic E-state index is 14.6. The number of ether oxygens (including phenoxy) is 2. The lowest BCUT2D eigenvalue weighted by Crippen LogP contribution is -2.62. The fourth-order valence-corrected chi connectivity index (χ4v) is 7.87. The number of carbonyl (C=O) groups is 2. The van der Waals surface area contributed by atoms with Crippen LogP contribution in [0.3, 0.4) is 0 Å². The number of hydrogen-bond donors (Lipinski definition) is 0. The predicted octanol–water partition coefficient (Wildman–Crippen LogP) is 5.62. The van der Waals surface area contributed by atoms with Gasteiger partial charge in [0, 0.05) is 67.8 Å². The number of nitrogens with zero attached hydrogens (tertiary/aromatic N) is 6. The van der Waals surface area contributed by atoms with E-state index in [-0.39, 0.29) is 24.1 Å². The first-order valence-corrected chi connectivity index (χ1v) is 17.1. The Morgan fingerprint density at radius 1 is 1.02 bits per heavy atom. The number of pyridine rings is 1. The highest BCUT2D eigenvalue weighted by Gasteiger charge is 2.43. The van der Waals surface area contributed by atoms with Gasteiger partial charge in [0.05, 0.1) is 23.8 Å². The molecule has 0 spiro atoms. The van der Waals surface area contributed by atoms with Gasteiger partial charge in [0.25, 0.3) is 0 Å². The number of piperazine rings is 1. The molecular formula is C35H43ClN6O4. The molecule has 46 heavy (non-hydrogen) atoms. The Kier molecular flexibility index (Phi) is 9.17. The van der Waals surface area contributed by atoms with Crippen molar-refractivity contribution in [2.45, 2.75) is 83.2 Å². The molecule has 5 heterocycles. The molecule has 3 aromatic rings. The Morgan fingerprint density at radius 3 is 2.72 bits per heavy atom. The summed E-state index contributed by atoms with van der Waals surface area (Å²) in [6, 6.07) is 8.76. The van der Waals surface area contributed by atoms with Crippen molar-refractivity contribution in [1.29, 1.82) is 0 Å². The minimum absolute atomic E-state index is 0.0146. The smallest absolute Gasteiger partial charge is 0.410 e. The van der Waals surface area contributed by atoms with E-state index in [1.807, 2.05) is 54.7 Å². The van der Waals surface area contributed by atoms with Gasteiger partial charge in [-0.3, -0.25) is 19.6 Å². The summed E-state index contributed by atoms with van der Waals surface area (Å²) in [7, 11) is 0. The van der Waals surface area contributed by atoms with E-state index in [4.69, 9.17) is 26.1 Å². The van der Waals surface area contributed by atoms with Gasteiger partial charge in [0.1, 0.15) is 24.5 Å². The van der Waals surface area contributed by atoms with Crippen LogP contribution in [0.2, 0.25) is 5.02 Å². The van der Waals surface area contributed by atoms with Gasteiger partial charge in [-0.2, -0.15) is 0 Å². The number of amides is 2. The lowest BCUT2D eigenvalue weighted by atomic mass is 9.95. The lowest BCUT2D eigenvalue weighted by molar-refractivity contribution is -0.141. The number of aryl methyl sites for hydroxylation is 1. The van der Waals surface area contributed by atoms with Crippen LogP contribution in [0.15, 0.2) is 49.1 Å². The molecule has 0 bridgehead atoms. The molecule has 2 saturated heterocycles. The number of aromatic nitrogens is 3. The van der Waals surface area contributed by atoms with Crippen molar-refractivity contribution in [2.75, 3.05) is 32.7 Å². The molecule has 4 aliphatic rings. The Balaban J connectivity index is 1.17. The van der Waals surface area contributed by atoms with E-state index >= 15 is 0 Å². The second-order valence-electron chi connectivity index (χ2n) is 13.3. The molecule has 1 aliphatic carbocycles. The Bertz CT molecular complexity index is 1560. The standard InChI is InChI=1S/C35H43ClN6O4/c1-24-18-39(23-38-24)19-25-7-6-14-41(20-25)34(43)30-21-40(15-16-42(30)35(44)46-28-9-3-2-4-10-28)33-29-12-11-27(36)17-31(29)45-22-26-8-5-13-37-32(26)33/h5,8,11-13,17-18,23,25,28,30,33H,2-4,6-7,9-10,14-16,19-22H2,1H3/t25-,30+,33-/m0/s1. The van der Waals surface area contributed by atoms with Crippen LogP contribution in [-0.2, 0) is 22.7 Å². The SMILES string of the molecule is Cc1cn(C[C@@H]2CCCN(C(=O)[C@H]3CN([C@H]4c5ccc(Cl)cc5OCc5cccnc54)CCN3C(=O)OC3CCCCC3)C2)cn1. The van der Waals surface area contributed by atoms with Crippen molar-refractivity contribution in [3.05, 3.63) is 76.6 Å². The first-order valence-electron chi connectivity index (χ1n) is 16.8. The number of carbonyl (C=O) groups excluding carboxylic acids is 2. The highest BCUT2D eigenvalue weighted by Crippen LogP contribution is 2.41. The zero-order chi connectivity index (χ0) is 31.6. The van der Waals surface area contributed by atoms with Crippen molar-refractivity contribution in [3.63, 3.8) is 0 Å². The van der Waals surface area contributed by atoms with Crippen molar-refractivity contribution < 1.29 is 19.1 Å². The van der Waals surface area contributed by atoms with Crippen LogP contribution in [0.5, 0.6) is 5.75 Å². The van der Waals surface area contributed by atoms with Crippen LogP contribution >= 0.6 is 11.6 Å². The molecule has 3 fully saturated rings. The molecule has 1 aromatic carbocycles. The molecule has 2 amide bonds. The number of fused-ring (bicyclic) bond motifs is 2. The van der Waals surface area contributed by atoms with Gasteiger partial charge < -0.3 is 18.9 Å². The summed E-state index contributed by atoms with van der Waals surface area (Å²) in [4.78, 5) is 43.5. The molecule has 7 rings (SSSR count). The van der Waals surface area contributed by atoms with Crippen molar-refractivity contribution in [3.8, 4) is 5.75 Å². The second-order valence-corrected chi connectivity index (χ2v) is 13.7. The zero-order valence-electron chi connectivity index (χ0n) is 26.5. The molecular weight excluding hydrogens is 604 g/mol. The van der Waals surface area contributed by atoms with E-state index in [1.165, 1.54) is 6.42 Å². The molecule has 1 saturated carbocycles. The van der Waals surface area contributed by atoms with Crippen molar-refractivity contribution >= 4 is 23.6 Å². The molecule has 3 aliphatic heterocycles. The number of imidazole rings is 1. The highest BCUT2D eigenvalue weighted by atomic mass is 35.5. The van der Waals surface area contributed by atoms with E-state index in [1.54, 1.807) is 4.90 Å². The van der Waals surface area contributed by atoms with Gasteiger partial charge in [-0.05, 0) is 69.6 Å².